The zero-order valence-electron chi connectivity index (χ0n) is 19.0. The first-order valence-corrected chi connectivity index (χ1v) is 11.2. The van der Waals surface area contributed by atoms with Gasteiger partial charge < -0.3 is 15.4 Å². The van der Waals surface area contributed by atoms with Gasteiger partial charge >= 0.3 is 0 Å². The SMILES string of the molecule is Cc1ccc(C(C)C)cc1OCC(=O)N1CCN(Cc2nc(N)c3ccccc3n2)CC1. The highest BCUT2D eigenvalue weighted by molar-refractivity contribution is 5.87. The fourth-order valence-corrected chi connectivity index (χ4v) is 3.94. The van der Waals surface area contributed by atoms with Crippen LogP contribution >= 0.6 is 0 Å². The molecule has 2 heterocycles. The van der Waals surface area contributed by atoms with Crippen LogP contribution < -0.4 is 10.5 Å². The van der Waals surface area contributed by atoms with Crippen LogP contribution in [-0.4, -0.2) is 58.5 Å². The lowest BCUT2D eigenvalue weighted by molar-refractivity contribution is -0.135. The highest BCUT2D eigenvalue weighted by Gasteiger charge is 2.22. The maximum Gasteiger partial charge on any atom is 0.260 e. The Balaban J connectivity index is 1.30. The monoisotopic (exact) mass is 433 g/mol. The molecular weight excluding hydrogens is 402 g/mol. The molecular formula is C25H31N5O2. The molecule has 32 heavy (non-hydrogen) atoms. The smallest absolute Gasteiger partial charge is 0.260 e. The number of anilines is 1. The van der Waals surface area contributed by atoms with Crippen molar-refractivity contribution in [2.24, 2.45) is 0 Å². The molecule has 7 nitrogen and oxygen atoms in total. The van der Waals surface area contributed by atoms with E-state index in [0.29, 0.717) is 37.2 Å². The summed E-state index contributed by atoms with van der Waals surface area (Å²) in [6.45, 7) is 9.85. The van der Waals surface area contributed by atoms with Gasteiger partial charge in [-0.3, -0.25) is 9.69 Å². The first-order chi connectivity index (χ1) is 15.4. The van der Waals surface area contributed by atoms with Gasteiger partial charge in [-0.25, -0.2) is 9.97 Å². The van der Waals surface area contributed by atoms with Gasteiger partial charge in [0, 0.05) is 31.6 Å². The number of nitrogen functional groups attached to an aromatic ring is 1. The van der Waals surface area contributed by atoms with Crippen molar-refractivity contribution in [3.8, 4) is 5.75 Å². The zero-order chi connectivity index (χ0) is 22.7. The number of nitrogens with zero attached hydrogens (tertiary/aromatic N) is 4. The van der Waals surface area contributed by atoms with Gasteiger partial charge in [0.05, 0.1) is 12.1 Å². The molecule has 0 aliphatic carbocycles. The minimum Gasteiger partial charge on any atom is -0.483 e. The fourth-order valence-electron chi connectivity index (χ4n) is 3.94. The summed E-state index contributed by atoms with van der Waals surface area (Å²) >= 11 is 0. The number of amides is 1. The Morgan fingerprint density at radius 1 is 1.09 bits per heavy atom. The largest absolute Gasteiger partial charge is 0.483 e. The molecule has 1 amide bonds. The molecule has 1 aliphatic heterocycles. The first-order valence-electron chi connectivity index (χ1n) is 11.2. The molecule has 7 heteroatoms. The third-order valence-corrected chi connectivity index (χ3v) is 6.00. The molecule has 2 N–H and O–H groups in total. The van der Waals surface area contributed by atoms with Crippen LogP contribution in [-0.2, 0) is 11.3 Å². The maximum absolute atomic E-state index is 12.7. The lowest BCUT2D eigenvalue weighted by Crippen LogP contribution is -2.49. The molecule has 1 saturated heterocycles. The molecule has 0 spiro atoms. The van der Waals surface area contributed by atoms with Crippen molar-refractivity contribution in [3.63, 3.8) is 0 Å². The van der Waals surface area contributed by atoms with Crippen LogP contribution in [0.4, 0.5) is 5.82 Å². The molecule has 2 aromatic carbocycles. The van der Waals surface area contributed by atoms with E-state index in [1.165, 1.54) is 5.56 Å². The van der Waals surface area contributed by atoms with Crippen LogP contribution in [0.5, 0.6) is 5.75 Å². The van der Waals surface area contributed by atoms with Gasteiger partial charge in [0.1, 0.15) is 17.4 Å². The topological polar surface area (TPSA) is 84.6 Å². The molecule has 0 unspecified atom stereocenters. The van der Waals surface area contributed by atoms with Crippen LogP contribution in [0.1, 0.15) is 36.7 Å². The van der Waals surface area contributed by atoms with Crippen molar-refractivity contribution >= 4 is 22.6 Å². The van der Waals surface area contributed by atoms with Crippen molar-refractivity contribution in [1.82, 2.24) is 19.8 Å². The number of hydrogen-bond donors (Lipinski definition) is 1. The predicted octanol–water partition coefficient (Wildman–Crippen LogP) is 3.37. The molecule has 1 aromatic heterocycles. The van der Waals surface area contributed by atoms with Gasteiger partial charge in [0.15, 0.2) is 6.61 Å². The number of fused-ring (bicyclic) bond motifs is 1. The molecule has 1 fully saturated rings. The Kier molecular flexibility index (Phi) is 6.55. The number of benzene rings is 2. The molecule has 3 aromatic rings. The fraction of sp³-hybridized carbons (Fsp3) is 0.400. The summed E-state index contributed by atoms with van der Waals surface area (Å²) in [5, 5.41) is 0.876. The number of piperazine rings is 1. The van der Waals surface area contributed by atoms with E-state index in [1.54, 1.807) is 0 Å². The number of carbonyl (C=O) groups excluding carboxylic acids is 1. The van der Waals surface area contributed by atoms with Gasteiger partial charge in [0.2, 0.25) is 0 Å². The van der Waals surface area contributed by atoms with Gasteiger partial charge in [0.25, 0.3) is 5.91 Å². The molecule has 0 bridgehead atoms. The average molecular weight is 434 g/mol. The van der Waals surface area contributed by atoms with Crippen molar-refractivity contribution in [3.05, 3.63) is 59.4 Å². The van der Waals surface area contributed by atoms with Crippen molar-refractivity contribution in [2.45, 2.75) is 33.2 Å². The van der Waals surface area contributed by atoms with Crippen LogP contribution in [0.15, 0.2) is 42.5 Å². The van der Waals surface area contributed by atoms with E-state index in [2.05, 4.69) is 40.8 Å². The Hall–Kier alpha value is -3.19. The van der Waals surface area contributed by atoms with Crippen molar-refractivity contribution in [1.29, 1.82) is 0 Å². The van der Waals surface area contributed by atoms with E-state index in [1.807, 2.05) is 42.2 Å². The van der Waals surface area contributed by atoms with E-state index in [-0.39, 0.29) is 12.5 Å². The molecule has 0 radical (unpaired) electrons. The van der Waals surface area contributed by atoms with Crippen molar-refractivity contribution < 1.29 is 9.53 Å². The van der Waals surface area contributed by atoms with Crippen LogP contribution in [0.25, 0.3) is 10.9 Å². The second-order valence-corrected chi connectivity index (χ2v) is 8.67. The Bertz CT molecular complexity index is 1110. The van der Waals surface area contributed by atoms with Crippen molar-refractivity contribution in [2.75, 3.05) is 38.5 Å². The normalized spacial score (nSPS) is 14.8. The van der Waals surface area contributed by atoms with Gasteiger partial charge in [-0.1, -0.05) is 38.1 Å². The van der Waals surface area contributed by atoms with Crippen LogP contribution in [0.3, 0.4) is 0 Å². The number of aromatic nitrogens is 2. The first kappa shape index (κ1) is 22.0. The highest BCUT2D eigenvalue weighted by atomic mass is 16.5. The van der Waals surface area contributed by atoms with Gasteiger partial charge in [-0.15, -0.1) is 0 Å². The molecule has 0 atom stereocenters. The molecule has 168 valence electrons. The number of rotatable bonds is 6. The van der Waals surface area contributed by atoms with Crippen LogP contribution in [0, 0.1) is 6.92 Å². The number of ether oxygens (including phenoxy) is 1. The van der Waals surface area contributed by atoms with E-state index in [0.717, 1.165) is 35.3 Å². The van der Waals surface area contributed by atoms with E-state index < -0.39 is 0 Å². The summed E-state index contributed by atoms with van der Waals surface area (Å²) in [7, 11) is 0. The molecule has 1 aliphatic rings. The summed E-state index contributed by atoms with van der Waals surface area (Å²) in [4.78, 5) is 25.9. The van der Waals surface area contributed by atoms with Gasteiger partial charge in [-0.2, -0.15) is 0 Å². The highest BCUT2D eigenvalue weighted by Crippen LogP contribution is 2.24. The number of para-hydroxylation sites is 1. The predicted molar refractivity (Wildman–Crippen MR) is 127 cm³/mol. The van der Waals surface area contributed by atoms with Crippen LogP contribution in [0.2, 0.25) is 0 Å². The minimum atomic E-state index is 0.0187. The molecule has 4 rings (SSSR count). The van der Waals surface area contributed by atoms with Gasteiger partial charge in [-0.05, 0) is 42.2 Å². The Labute approximate surface area is 189 Å². The minimum absolute atomic E-state index is 0.0187. The Morgan fingerprint density at radius 3 is 2.59 bits per heavy atom. The number of carbonyl (C=O) groups is 1. The zero-order valence-corrected chi connectivity index (χ0v) is 19.0. The number of nitrogens with two attached hydrogens (primary N) is 1. The standard InChI is InChI=1S/C25H31N5O2/c1-17(2)19-9-8-18(3)22(14-19)32-16-24(31)30-12-10-29(11-13-30)15-23-27-21-7-5-4-6-20(21)25(26)28-23/h4-9,14,17H,10-13,15-16H2,1-3H3,(H2,26,27,28). The van der Waals surface area contributed by atoms with E-state index >= 15 is 0 Å². The molecule has 0 saturated carbocycles. The second kappa shape index (κ2) is 9.53. The van der Waals surface area contributed by atoms with E-state index in [4.69, 9.17) is 10.5 Å². The average Bonchev–Trinajstić information content (AvgIpc) is 2.78. The third kappa shape index (κ3) is 4.99. The summed E-state index contributed by atoms with van der Waals surface area (Å²) in [6, 6.07) is 14.0. The lowest BCUT2D eigenvalue weighted by atomic mass is 10.0. The quantitative estimate of drug-likeness (QED) is 0.642. The summed E-state index contributed by atoms with van der Waals surface area (Å²) < 4.78 is 5.88. The number of hydrogen-bond acceptors (Lipinski definition) is 6. The number of aryl methyl sites for hydroxylation is 1. The lowest BCUT2D eigenvalue weighted by Gasteiger charge is -2.34. The Morgan fingerprint density at radius 2 is 1.84 bits per heavy atom. The summed E-state index contributed by atoms with van der Waals surface area (Å²) in [5.41, 5.74) is 9.22. The second-order valence-electron chi connectivity index (χ2n) is 8.67. The maximum atomic E-state index is 12.7. The summed E-state index contributed by atoms with van der Waals surface area (Å²) in [6.07, 6.45) is 0. The van der Waals surface area contributed by atoms with E-state index in [9.17, 15) is 4.79 Å². The third-order valence-electron chi connectivity index (χ3n) is 6.00. The summed E-state index contributed by atoms with van der Waals surface area (Å²) in [5.74, 6) is 2.45.